The summed E-state index contributed by atoms with van der Waals surface area (Å²) in [4.78, 5) is 45.3. The highest BCUT2D eigenvalue weighted by molar-refractivity contribution is 5.94. The van der Waals surface area contributed by atoms with Gasteiger partial charge in [-0.3, -0.25) is 4.79 Å². The van der Waals surface area contributed by atoms with Gasteiger partial charge in [-0.1, -0.05) is 5.16 Å². The number of amides is 2. The van der Waals surface area contributed by atoms with Crippen molar-refractivity contribution < 1.29 is 37.1 Å². The normalized spacial score (nSPS) is 20.4. The van der Waals surface area contributed by atoms with Crippen LogP contribution < -0.4 is 15.1 Å². The lowest BCUT2D eigenvalue weighted by molar-refractivity contribution is 0.0503. The lowest BCUT2D eigenvalue weighted by Gasteiger charge is -2.38. The molecule has 1 saturated carbocycles. The van der Waals surface area contributed by atoms with Crippen LogP contribution in [0.4, 0.5) is 29.9 Å². The number of nitrogens with zero attached hydrogens (tertiary/aromatic N) is 7. The number of aliphatic hydroxyl groups is 1. The van der Waals surface area contributed by atoms with E-state index in [1.54, 1.807) is 39.5 Å². The van der Waals surface area contributed by atoms with Crippen molar-refractivity contribution in [2.24, 2.45) is 0 Å². The highest BCUT2D eigenvalue weighted by Gasteiger charge is 2.41. The van der Waals surface area contributed by atoms with Crippen molar-refractivity contribution in [3.63, 3.8) is 0 Å². The fourth-order valence-electron chi connectivity index (χ4n) is 6.36. The number of rotatable bonds is 8. The first-order chi connectivity index (χ1) is 23.1. The molecule has 0 spiro atoms. The number of halogens is 3. The summed E-state index contributed by atoms with van der Waals surface area (Å²) in [5.74, 6) is -3.97. The van der Waals surface area contributed by atoms with Gasteiger partial charge in [0.2, 0.25) is 11.8 Å². The number of anilines is 2. The minimum Gasteiger partial charge on any atom is -0.444 e. The van der Waals surface area contributed by atoms with E-state index in [4.69, 9.17) is 9.26 Å². The van der Waals surface area contributed by atoms with Gasteiger partial charge < -0.3 is 34.4 Å². The number of hydrogen-bond donors (Lipinski definition) is 2. The van der Waals surface area contributed by atoms with Crippen LogP contribution in [0.15, 0.2) is 29.0 Å². The molecule has 2 aromatic heterocycles. The third-order valence-corrected chi connectivity index (χ3v) is 8.89. The highest BCUT2D eigenvalue weighted by atomic mass is 19.2. The van der Waals surface area contributed by atoms with Gasteiger partial charge in [0, 0.05) is 62.6 Å². The summed E-state index contributed by atoms with van der Waals surface area (Å²) < 4.78 is 53.7. The van der Waals surface area contributed by atoms with Gasteiger partial charge in [-0.25, -0.2) is 27.9 Å². The van der Waals surface area contributed by atoms with Gasteiger partial charge in [0.25, 0.3) is 5.91 Å². The Labute approximate surface area is 281 Å². The van der Waals surface area contributed by atoms with Crippen LogP contribution in [0.3, 0.4) is 0 Å². The number of nitrogens with one attached hydrogen (secondary N) is 1. The van der Waals surface area contributed by atoms with Crippen molar-refractivity contribution in [1.82, 2.24) is 30.3 Å². The molecule has 3 aromatic rings. The van der Waals surface area contributed by atoms with E-state index in [9.17, 15) is 27.9 Å². The number of piperidine rings is 1. The van der Waals surface area contributed by atoms with Crippen LogP contribution in [0.2, 0.25) is 0 Å². The molecule has 0 radical (unpaired) electrons. The van der Waals surface area contributed by atoms with E-state index in [2.05, 4.69) is 25.4 Å². The number of aromatic nitrogens is 4. The van der Waals surface area contributed by atoms with Crippen LogP contribution in [0, 0.1) is 17.5 Å². The van der Waals surface area contributed by atoms with Gasteiger partial charge in [-0.15, -0.1) is 0 Å². The second-order valence-corrected chi connectivity index (χ2v) is 14.4. The van der Waals surface area contributed by atoms with Crippen LogP contribution >= 0.6 is 0 Å². The minimum atomic E-state index is -1.31. The van der Waals surface area contributed by atoms with Crippen LogP contribution in [0.25, 0.3) is 0 Å². The van der Waals surface area contributed by atoms with Gasteiger partial charge >= 0.3 is 12.1 Å². The maximum atomic E-state index is 14.9. The smallest absolute Gasteiger partial charge is 0.407 e. The Kier molecular flexibility index (Phi) is 9.19. The van der Waals surface area contributed by atoms with E-state index in [0.717, 1.165) is 18.9 Å². The molecular formula is C33H41F3N8O5. The Bertz CT molecular complexity index is 1680. The van der Waals surface area contributed by atoms with E-state index in [-0.39, 0.29) is 48.4 Å². The van der Waals surface area contributed by atoms with Crippen molar-refractivity contribution in [2.45, 2.75) is 95.5 Å². The number of alkyl carbamates (subject to hydrolysis) is 1. The fourth-order valence-corrected chi connectivity index (χ4v) is 6.36. The number of hydrogen-bond acceptors (Lipinski definition) is 11. The molecule has 13 nitrogen and oxygen atoms in total. The SMILES string of the molecule is CC(C)(C)OC(=O)N[C@H]1CN(c2ncc(C(=O)N(C3CC3)C3CCN(c4nc(C(C)(C)O)no4)CC3)cn2)C[C@@H]1c1cc(F)c(F)cc1F. The zero-order valence-electron chi connectivity index (χ0n) is 28.1. The van der Waals surface area contributed by atoms with Crippen molar-refractivity contribution >= 4 is 24.0 Å². The third-order valence-electron chi connectivity index (χ3n) is 8.89. The molecular weight excluding hydrogens is 645 g/mol. The molecule has 264 valence electrons. The molecule has 1 aliphatic carbocycles. The molecule has 1 aromatic carbocycles. The first-order valence-electron chi connectivity index (χ1n) is 16.4. The molecule has 16 heteroatoms. The number of carbonyl (C=O) groups is 2. The quantitative estimate of drug-likeness (QED) is 0.327. The van der Waals surface area contributed by atoms with Gasteiger partial charge in [0.05, 0.1) is 11.6 Å². The van der Waals surface area contributed by atoms with E-state index in [0.29, 0.717) is 43.6 Å². The minimum absolute atomic E-state index is 0.0161. The van der Waals surface area contributed by atoms with Crippen LogP contribution in [-0.4, -0.2) is 92.0 Å². The molecule has 6 rings (SSSR count). The van der Waals surface area contributed by atoms with E-state index in [1.807, 2.05) is 9.80 Å². The standard InChI is InChI=1S/C33H41F3N8O5/c1-32(2,3)48-31(46)39-26-17-43(16-22(26)21-12-24(35)25(36)13-23(21)34)29-37-14-18(15-38-29)27(45)44(19-6-7-19)20-8-10-42(11-9-20)30-40-28(41-49-30)33(4,5)47/h12-15,19-20,22,26,47H,6-11,16-17H2,1-5H3,(H,39,46)/t22-,26+/m1/s1. The Morgan fingerprint density at radius 3 is 2.16 bits per heavy atom. The Hall–Kier alpha value is -4.47. The van der Waals surface area contributed by atoms with Gasteiger partial charge in [0.1, 0.15) is 17.0 Å². The predicted octanol–water partition coefficient (Wildman–Crippen LogP) is 4.28. The zero-order valence-corrected chi connectivity index (χ0v) is 28.1. The van der Waals surface area contributed by atoms with Crippen LogP contribution in [0.5, 0.6) is 0 Å². The molecule has 4 heterocycles. The summed E-state index contributed by atoms with van der Waals surface area (Å²) in [6, 6.07) is 0.991. The molecule has 2 amide bonds. The summed E-state index contributed by atoms with van der Waals surface area (Å²) in [6.07, 6.45) is 5.35. The summed E-state index contributed by atoms with van der Waals surface area (Å²) in [5, 5.41) is 16.8. The molecule has 2 saturated heterocycles. The lowest BCUT2D eigenvalue weighted by Crippen LogP contribution is -2.48. The molecule has 2 aliphatic heterocycles. The van der Waals surface area contributed by atoms with Crippen molar-refractivity contribution in [1.29, 1.82) is 0 Å². The monoisotopic (exact) mass is 686 g/mol. The molecule has 3 aliphatic rings. The lowest BCUT2D eigenvalue weighted by atomic mass is 9.93. The predicted molar refractivity (Wildman–Crippen MR) is 170 cm³/mol. The van der Waals surface area contributed by atoms with Crippen molar-refractivity contribution in [3.8, 4) is 0 Å². The van der Waals surface area contributed by atoms with E-state index >= 15 is 0 Å². The van der Waals surface area contributed by atoms with Gasteiger partial charge in [0.15, 0.2) is 11.6 Å². The summed E-state index contributed by atoms with van der Waals surface area (Å²) in [5.41, 5.74) is -1.80. The fraction of sp³-hybridized carbons (Fsp3) is 0.576. The summed E-state index contributed by atoms with van der Waals surface area (Å²) in [7, 11) is 0. The Morgan fingerprint density at radius 2 is 1.57 bits per heavy atom. The van der Waals surface area contributed by atoms with Crippen molar-refractivity contribution in [2.75, 3.05) is 36.0 Å². The molecule has 3 fully saturated rings. The molecule has 49 heavy (non-hydrogen) atoms. The second-order valence-electron chi connectivity index (χ2n) is 14.4. The number of carbonyl (C=O) groups excluding carboxylic acids is 2. The maximum absolute atomic E-state index is 14.9. The second kappa shape index (κ2) is 13.1. The number of benzene rings is 1. The van der Waals surface area contributed by atoms with Gasteiger partial charge in [-0.05, 0) is 71.9 Å². The zero-order chi connectivity index (χ0) is 35.2. The molecule has 2 N–H and O–H groups in total. The summed E-state index contributed by atoms with van der Waals surface area (Å²) in [6.45, 7) is 9.68. The van der Waals surface area contributed by atoms with Crippen molar-refractivity contribution in [3.05, 3.63) is 58.9 Å². The molecule has 2 atom stereocenters. The maximum Gasteiger partial charge on any atom is 0.407 e. The first kappa shape index (κ1) is 34.4. The topological polar surface area (TPSA) is 150 Å². The van der Waals surface area contributed by atoms with Crippen LogP contribution in [-0.2, 0) is 10.3 Å². The largest absolute Gasteiger partial charge is 0.444 e. The van der Waals surface area contributed by atoms with Crippen LogP contribution in [0.1, 0.15) is 88.0 Å². The van der Waals surface area contributed by atoms with E-state index in [1.165, 1.54) is 12.4 Å². The number of ether oxygens (including phenoxy) is 1. The average molecular weight is 687 g/mol. The highest BCUT2D eigenvalue weighted by Crippen LogP contribution is 2.35. The third kappa shape index (κ3) is 7.73. The first-order valence-corrected chi connectivity index (χ1v) is 16.4. The van der Waals surface area contributed by atoms with Gasteiger partial charge in [-0.2, -0.15) is 4.98 Å². The molecule has 0 unspecified atom stereocenters. The average Bonchev–Trinajstić information content (AvgIpc) is 3.55. The summed E-state index contributed by atoms with van der Waals surface area (Å²) >= 11 is 0. The Balaban J connectivity index is 1.15. The Morgan fingerprint density at radius 1 is 0.939 bits per heavy atom. The molecule has 0 bridgehead atoms. The van der Waals surface area contributed by atoms with E-state index < -0.39 is 46.7 Å².